The second kappa shape index (κ2) is 5.94. The predicted octanol–water partition coefficient (Wildman–Crippen LogP) is 2.73. The van der Waals surface area contributed by atoms with Crippen molar-refractivity contribution in [1.29, 1.82) is 0 Å². The third kappa shape index (κ3) is 3.32. The van der Waals surface area contributed by atoms with E-state index in [-0.39, 0.29) is 6.61 Å². The summed E-state index contributed by atoms with van der Waals surface area (Å²) in [7, 11) is 3.25. The number of benzene rings is 1. The van der Waals surface area contributed by atoms with Crippen LogP contribution in [0, 0.1) is 0 Å². The van der Waals surface area contributed by atoms with E-state index in [9.17, 15) is 4.79 Å². The molecule has 0 heterocycles. The Morgan fingerprint density at radius 3 is 3.08 bits per heavy atom. The van der Waals surface area contributed by atoms with Crippen LogP contribution in [-0.2, 0) is 16.1 Å². The van der Waals surface area contributed by atoms with Crippen molar-refractivity contribution in [3.63, 3.8) is 0 Å². The highest BCUT2D eigenvalue weighted by Crippen LogP contribution is 2.31. The molecule has 0 unspecified atom stereocenters. The molecule has 0 atom stereocenters. The van der Waals surface area contributed by atoms with Crippen LogP contribution < -0.4 is 0 Å². The van der Waals surface area contributed by atoms with Crippen molar-refractivity contribution in [3.05, 3.63) is 29.8 Å². The van der Waals surface area contributed by atoms with Gasteiger partial charge >= 0.3 is 0 Å². The Hall–Kier alpha value is -0.610. The van der Waals surface area contributed by atoms with Crippen LogP contribution in [0.4, 0.5) is 0 Å². The summed E-state index contributed by atoms with van der Waals surface area (Å²) >= 11 is 0. The minimum Gasteiger partial charge on any atom is -0.463 e. The zero-order valence-corrected chi connectivity index (χ0v) is 8.78. The Morgan fingerprint density at radius 2 is 2.38 bits per heavy atom. The van der Waals surface area contributed by atoms with Gasteiger partial charge in [0.05, 0.1) is 0 Å². The molecular weight excluding hydrogens is 204 g/mol. The average molecular weight is 215 g/mol. The first-order chi connectivity index (χ1) is 6.74. The van der Waals surface area contributed by atoms with Crippen LogP contribution in [0.15, 0.2) is 29.2 Å². The van der Waals surface area contributed by atoms with Crippen LogP contribution in [0.2, 0.25) is 0 Å². The van der Waals surface area contributed by atoms with Gasteiger partial charge in [-0.2, -0.15) is 0 Å². The SMILES string of the molecule is [2H]C(=O)OCc1ccccc1SSC. The van der Waals surface area contributed by atoms with Gasteiger partial charge in [-0.1, -0.05) is 39.8 Å². The fourth-order valence-electron chi connectivity index (χ4n) is 0.901. The summed E-state index contributed by atoms with van der Waals surface area (Å²) in [5.41, 5.74) is 0.937. The maximum Gasteiger partial charge on any atom is 0.293 e. The topological polar surface area (TPSA) is 26.3 Å². The zero-order chi connectivity index (χ0) is 10.4. The van der Waals surface area contributed by atoms with Crippen LogP contribution in [-0.4, -0.2) is 12.7 Å². The molecule has 1 aromatic carbocycles. The van der Waals surface area contributed by atoms with Crippen LogP contribution in [0.3, 0.4) is 0 Å². The van der Waals surface area contributed by atoms with E-state index in [1.54, 1.807) is 21.6 Å². The quantitative estimate of drug-likeness (QED) is 0.570. The van der Waals surface area contributed by atoms with Gasteiger partial charge in [0, 0.05) is 10.5 Å². The molecular formula is C9H10O2S2. The normalized spacial score (nSPS) is 10.7. The summed E-state index contributed by atoms with van der Waals surface area (Å²) in [6.45, 7) is 0.173. The largest absolute Gasteiger partial charge is 0.463 e. The third-order valence-electron chi connectivity index (χ3n) is 1.43. The molecule has 0 N–H and O–H groups in total. The van der Waals surface area contributed by atoms with E-state index in [1.807, 2.05) is 30.5 Å². The summed E-state index contributed by atoms with van der Waals surface area (Å²) in [6, 6.07) is 7.68. The van der Waals surface area contributed by atoms with Crippen molar-refractivity contribution < 1.29 is 10.9 Å². The van der Waals surface area contributed by atoms with E-state index in [1.165, 1.54) is 0 Å². The summed E-state index contributed by atoms with van der Waals surface area (Å²) < 4.78 is 11.2. The van der Waals surface area contributed by atoms with Gasteiger partial charge < -0.3 is 4.74 Å². The molecule has 0 spiro atoms. The first-order valence-corrected chi connectivity index (χ1v) is 6.21. The van der Waals surface area contributed by atoms with E-state index in [0.717, 1.165) is 10.5 Å². The Kier molecular flexibility index (Phi) is 4.09. The standard InChI is InChI=1S/C9H10O2S2/c1-12-13-9-5-3-2-4-8(9)6-11-7-10/h2-5,7H,6H2,1H3/i7D. The van der Waals surface area contributed by atoms with Crippen LogP contribution in [0.25, 0.3) is 0 Å². The van der Waals surface area contributed by atoms with Gasteiger partial charge in [0.1, 0.15) is 6.61 Å². The van der Waals surface area contributed by atoms with Crippen molar-refractivity contribution in [2.24, 2.45) is 0 Å². The third-order valence-corrected chi connectivity index (χ3v) is 3.22. The predicted molar refractivity (Wildman–Crippen MR) is 56.7 cm³/mol. The summed E-state index contributed by atoms with van der Waals surface area (Å²) in [5.74, 6) is 0. The highest BCUT2D eigenvalue weighted by molar-refractivity contribution is 8.76. The highest BCUT2D eigenvalue weighted by Gasteiger charge is 2.01. The Bertz CT molecular complexity index is 317. The van der Waals surface area contributed by atoms with Gasteiger partial charge in [-0.25, -0.2) is 0 Å². The Balaban J connectivity index is 2.68. The second-order valence-electron chi connectivity index (χ2n) is 2.23. The molecule has 0 aliphatic rings. The van der Waals surface area contributed by atoms with Gasteiger partial charge in [-0.3, -0.25) is 4.79 Å². The Labute approximate surface area is 86.9 Å². The molecule has 0 aromatic heterocycles. The molecule has 4 heteroatoms. The van der Waals surface area contributed by atoms with Gasteiger partial charge in [-0.05, 0) is 12.3 Å². The number of carbonyl (C=O) groups excluding carboxylic acids is 1. The molecule has 0 amide bonds. The van der Waals surface area contributed by atoms with Crippen molar-refractivity contribution in [2.75, 3.05) is 6.26 Å². The summed E-state index contributed by atoms with van der Waals surface area (Å²) in [4.78, 5) is 11.4. The molecule has 1 rings (SSSR count). The van der Waals surface area contributed by atoms with Crippen LogP contribution >= 0.6 is 21.6 Å². The molecule has 0 radical (unpaired) electrons. The lowest BCUT2D eigenvalue weighted by molar-refractivity contribution is -0.129. The minimum absolute atomic E-state index is 0.173. The van der Waals surface area contributed by atoms with Gasteiger partial charge in [0.2, 0.25) is 0 Å². The molecule has 2 nitrogen and oxygen atoms in total. The minimum atomic E-state index is -0.992. The molecule has 0 bridgehead atoms. The number of ether oxygens (including phenoxy) is 1. The van der Waals surface area contributed by atoms with Gasteiger partial charge in [-0.15, -0.1) is 0 Å². The number of carbonyl (C=O) groups is 1. The van der Waals surface area contributed by atoms with E-state index < -0.39 is 6.45 Å². The summed E-state index contributed by atoms with van der Waals surface area (Å²) in [6.07, 6.45) is 0.992. The highest BCUT2D eigenvalue weighted by atomic mass is 33.1. The van der Waals surface area contributed by atoms with Crippen molar-refractivity contribution in [1.82, 2.24) is 0 Å². The molecule has 0 aliphatic heterocycles. The lowest BCUT2D eigenvalue weighted by atomic mass is 10.2. The molecule has 0 aliphatic carbocycles. The van der Waals surface area contributed by atoms with E-state index in [0.29, 0.717) is 0 Å². The smallest absolute Gasteiger partial charge is 0.293 e. The van der Waals surface area contributed by atoms with Gasteiger partial charge in [0.25, 0.3) is 6.45 Å². The molecule has 1 aromatic rings. The zero-order valence-electron chi connectivity index (χ0n) is 8.15. The Morgan fingerprint density at radius 1 is 1.62 bits per heavy atom. The van der Waals surface area contributed by atoms with E-state index in [4.69, 9.17) is 1.37 Å². The monoisotopic (exact) mass is 215 g/mol. The van der Waals surface area contributed by atoms with Crippen molar-refractivity contribution in [2.45, 2.75) is 11.5 Å². The number of hydrogen-bond acceptors (Lipinski definition) is 4. The fourth-order valence-corrected chi connectivity index (χ4v) is 2.48. The van der Waals surface area contributed by atoms with Crippen LogP contribution in [0.1, 0.15) is 6.93 Å². The average Bonchev–Trinajstić information content (AvgIpc) is 2.17. The second-order valence-corrected chi connectivity index (χ2v) is 4.67. The molecule has 0 saturated heterocycles. The van der Waals surface area contributed by atoms with E-state index >= 15 is 0 Å². The van der Waals surface area contributed by atoms with Crippen LogP contribution in [0.5, 0.6) is 0 Å². The lowest BCUT2D eigenvalue weighted by Crippen LogP contribution is -1.91. The molecule has 13 heavy (non-hydrogen) atoms. The first-order valence-electron chi connectivity index (χ1n) is 4.16. The molecule has 0 fully saturated rings. The van der Waals surface area contributed by atoms with E-state index in [2.05, 4.69) is 4.74 Å². The summed E-state index contributed by atoms with van der Waals surface area (Å²) in [5, 5.41) is 0. The number of hydrogen-bond donors (Lipinski definition) is 0. The maximum absolute atomic E-state index is 10.3. The molecule has 0 saturated carbocycles. The first kappa shape index (κ1) is 8.97. The van der Waals surface area contributed by atoms with Crippen molar-refractivity contribution >= 4 is 28.0 Å². The maximum atomic E-state index is 10.3. The fraction of sp³-hybridized carbons (Fsp3) is 0.222. The molecule has 70 valence electrons. The van der Waals surface area contributed by atoms with Crippen molar-refractivity contribution in [3.8, 4) is 0 Å². The lowest BCUT2D eigenvalue weighted by Gasteiger charge is -2.05. The number of rotatable bonds is 4. The van der Waals surface area contributed by atoms with Gasteiger partial charge in [0.15, 0.2) is 1.37 Å².